The maximum atomic E-state index is 12.4. The van der Waals surface area contributed by atoms with Gasteiger partial charge in [0.2, 0.25) is 11.8 Å². The molecule has 6 heteroatoms. The fraction of sp³-hybridized carbons (Fsp3) is 0.421. The molecule has 1 aliphatic rings. The van der Waals surface area contributed by atoms with Gasteiger partial charge in [-0.15, -0.1) is 0 Å². The van der Waals surface area contributed by atoms with Crippen molar-refractivity contribution >= 4 is 11.8 Å². The number of hydrogen-bond donors (Lipinski definition) is 1. The lowest BCUT2D eigenvalue weighted by Gasteiger charge is -2.17. The predicted molar refractivity (Wildman–Crippen MR) is 95.3 cm³/mol. The van der Waals surface area contributed by atoms with Gasteiger partial charge in [-0.1, -0.05) is 12.1 Å². The molecule has 1 N–H and O–H groups in total. The van der Waals surface area contributed by atoms with Crippen LogP contribution in [0.25, 0.3) is 5.69 Å². The monoisotopic (exact) mass is 340 g/mol. The summed E-state index contributed by atoms with van der Waals surface area (Å²) in [6, 6.07) is 9.94. The first-order chi connectivity index (χ1) is 11.8. The molecule has 0 spiro atoms. The van der Waals surface area contributed by atoms with Gasteiger partial charge >= 0.3 is 0 Å². The van der Waals surface area contributed by atoms with Crippen molar-refractivity contribution in [1.82, 2.24) is 20.0 Å². The number of carbonyl (C=O) groups excluding carboxylic acids is 2. The van der Waals surface area contributed by atoms with E-state index in [-0.39, 0.29) is 23.8 Å². The Balaban J connectivity index is 1.67. The molecule has 3 rings (SSSR count). The van der Waals surface area contributed by atoms with Crippen molar-refractivity contribution in [3.8, 4) is 5.69 Å². The van der Waals surface area contributed by atoms with Gasteiger partial charge in [-0.05, 0) is 44.5 Å². The third kappa shape index (κ3) is 3.57. The molecule has 0 bridgehead atoms. The van der Waals surface area contributed by atoms with Crippen molar-refractivity contribution in [2.45, 2.75) is 33.2 Å². The maximum absolute atomic E-state index is 12.4. The van der Waals surface area contributed by atoms with Gasteiger partial charge < -0.3 is 10.2 Å². The third-order valence-corrected chi connectivity index (χ3v) is 4.72. The summed E-state index contributed by atoms with van der Waals surface area (Å²) in [7, 11) is 1.73. The van der Waals surface area contributed by atoms with Crippen LogP contribution in [-0.2, 0) is 9.59 Å². The number of carbonyl (C=O) groups is 2. The summed E-state index contributed by atoms with van der Waals surface area (Å²) in [5, 5.41) is 7.49. The van der Waals surface area contributed by atoms with E-state index in [1.54, 1.807) is 11.9 Å². The van der Waals surface area contributed by atoms with Crippen molar-refractivity contribution < 1.29 is 9.59 Å². The van der Waals surface area contributed by atoms with Crippen LogP contribution in [0.15, 0.2) is 30.3 Å². The summed E-state index contributed by atoms with van der Waals surface area (Å²) in [5.74, 6) is -0.288. The largest absolute Gasteiger partial charge is 0.349 e. The smallest absolute Gasteiger partial charge is 0.225 e. The summed E-state index contributed by atoms with van der Waals surface area (Å²) in [6.45, 7) is 6.45. The Kier molecular flexibility index (Phi) is 4.61. The minimum atomic E-state index is -0.256. The molecule has 2 aromatic rings. The van der Waals surface area contributed by atoms with E-state index in [2.05, 4.69) is 10.4 Å². The molecule has 132 valence electrons. The summed E-state index contributed by atoms with van der Waals surface area (Å²) in [5.41, 5.74) is 4.09. The zero-order valence-electron chi connectivity index (χ0n) is 15.1. The van der Waals surface area contributed by atoms with Crippen LogP contribution in [-0.4, -0.2) is 40.1 Å². The van der Waals surface area contributed by atoms with Gasteiger partial charge in [0, 0.05) is 25.7 Å². The number of likely N-dealkylation sites (tertiary alicyclic amines) is 1. The van der Waals surface area contributed by atoms with Crippen LogP contribution in [0.2, 0.25) is 0 Å². The molecule has 0 radical (unpaired) electrons. The number of nitrogens with one attached hydrogen (secondary N) is 1. The highest BCUT2D eigenvalue weighted by atomic mass is 16.2. The van der Waals surface area contributed by atoms with Crippen LogP contribution < -0.4 is 5.32 Å². The minimum Gasteiger partial charge on any atom is -0.349 e. The average molecular weight is 340 g/mol. The number of nitrogens with zero attached hydrogens (tertiary/aromatic N) is 3. The van der Waals surface area contributed by atoms with E-state index in [4.69, 9.17) is 0 Å². The number of benzene rings is 1. The van der Waals surface area contributed by atoms with E-state index >= 15 is 0 Å². The molecule has 1 saturated heterocycles. The molecular weight excluding hydrogens is 316 g/mol. The number of aryl methyl sites for hydroxylation is 2. The number of hydrogen-bond acceptors (Lipinski definition) is 3. The fourth-order valence-electron chi connectivity index (χ4n) is 3.25. The summed E-state index contributed by atoms with van der Waals surface area (Å²) < 4.78 is 1.91. The standard InChI is InChI=1S/C19H24N4O2/c1-12-9-13(2)23(21-12)17-7-5-15(6-8-17)14(3)20-19(25)16-10-18(24)22(4)11-16/h5-9,14,16H,10-11H2,1-4H3,(H,20,25)/t14-,16+/m1/s1. The molecule has 0 saturated carbocycles. The highest BCUT2D eigenvalue weighted by Crippen LogP contribution is 2.20. The van der Waals surface area contributed by atoms with Gasteiger partial charge in [0.1, 0.15) is 0 Å². The number of aromatic nitrogens is 2. The van der Waals surface area contributed by atoms with Gasteiger partial charge in [0.15, 0.2) is 0 Å². The second-order valence-electron chi connectivity index (χ2n) is 6.84. The van der Waals surface area contributed by atoms with Crippen molar-refractivity contribution in [2.24, 2.45) is 5.92 Å². The number of amides is 2. The second-order valence-corrected chi connectivity index (χ2v) is 6.84. The molecule has 1 aromatic heterocycles. The lowest BCUT2D eigenvalue weighted by atomic mass is 10.0. The van der Waals surface area contributed by atoms with Crippen LogP contribution in [0.3, 0.4) is 0 Å². The Morgan fingerprint density at radius 1 is 1.28 bits per heavy atom. The molecule has 2 amide bonds. The number of rotatable bonds is 4. The molecule has 25 heavy (non-hydrogen) atoms. The van der Waals surface area contributed by atoms with Gasteiger partial charge in [-0.2, -0.15) is 5.10 Å². The first kappa shape index (κ1) is 17.2. The quantitative estimate of drug-likeness (QED) is 0.927. The normalized spacial score (nSPS) is 18.5. The molecule has 0 aliphatic carbocycles. The average Bonchev–Trinajstić information content (AvgIpc) is 3.09. The van der Waals surface area contributed by atoms with Gasteiger partial charge in [0.05, 0.1) is 23.3 Å². The first-order valence-electron chi connectivity index (χ1n) is 8.53. The van der Waals surface area contributed by atoms with Crippen molar-refractivity contribution in [3.63, 3.8) is 0 Å². The van der Waals surface area contributed by atoms with Gasteiger partial charge in [-0.3, -0.25) is 9.59 Å². The predicted octanol–water partition coefficient (Wildman–Crippen LogP) is 2.14. The molecule has 2 atom stereocenters. The zero-order valence-corrected chi connectivity index (χ0v) is 15.1. The van der Waals surface area contributed by atoms with Crippen LogP contribution in [0.1, 0.15) is 36.3 Å². The van der Waals surface area contributed by atoms with Crippen LogP contribution in [0.5, 0.6) is 0 Å². The zero-order chi connectivity index (χ0) is 18.1. The van der Waals surface area contributed by atoms with Crippen molar-refractivity contribution in [2.75, 3.05) is 13.6 Å². The minimum absolute atomic E-state index is 0.0297. The highest BCUT2D eigenvalue weighted by molar-refractivity contribution is 5.89. The molecule has 2 heterocycles. The Hall–Kier alpha value is -2.63. The summed E-state index contributed by atoms with van der Waals surface area (Å²) in [4.78, 5) is 25.5. The van der Waals surface area contributed by atoms with E-state index < -0.39 is 0 Å². The van der Waals surface area contributed by atoms with E-state index in [1.165, 1.54) is 0 Å². The van der Waals surface area contributed by atoms with E-state index in [0.717, 1.165) is 22.6 Å². The van der Waals surface area contributed by atoms with E-state index in [1.807, 2.05) is 55.8 Å². The Bertz CT molecular complexity index is 794. The van der Waals surface area contributed by atoms with Crippen molar-refractivity contribution in [1.29, 1.82) is 0 Å². The topological polar surface area (TPSA) is 67.2 Å². The molecule has 6 nitrogen and oxygen atoms in total. The fourth-order valence-corrected chi connectivity index (χ4v) is 3.25. The second kappa shape index (κ2) is 6.70. The van der Waals surface area contributed by atoms with Crippen LogP contribution in [0, 0.1) is 19.8 Å². The summed E-state index contributed by atoms with van der Waals surface area (Å²) >= 11 is 0. The van der Waals surface area contributed by atoms with Crippen LogP contribution >= 0.6 is 0 Å². The van der Waals surface area contributed by atoms with Gasteiger partial charge in [0.25, 0.3) is 0 Å². The first-order valence-corrected chi connectivity index (χ1v) is 8.53. The maximum Gasteiger partial charge on any atom is 0.225 e. The molecule has 1 aromatic carbocycles. The SMILES string of the molecule is Cc1cc(C)n(-c2ccc([C@@H](C)NC(=O)[C@H]3CC(=O)N(C)C3)cc2)n1. The van der Waals surface area contributed by atoms with Crippen LogP contribution in [0.4, 0.5) is 0 Å². The van der Waals surface area contributed by atoms with Crippen molar-refractivity contribution in [3.05, 3.63) is 47.3 Å². The molecular formula is C19H24N4O2. The Labute approximate surface area is 147 Å². The lowest BCUT2D eigenvalue weighted by molar-refractivity contribution is -0.128. The molecule has 0 unspecified atom stereocenters. The van der Waals surface area contributed by atoms with Gasteiger partial charge in [-0.25, -0.2) is 4.68 Å². The Morgan fingerprint density at radius 3 is 2.48 bits per heavy atom. The molecule has 1 aliphatic heterocycles. The van der Waals surface area contributed by atoms with E-state index in [0.29, 0.717) is 13.0 Å². The lowest BCUT2D eigenvalue weighted by Crippen LogP contribution is -2.34. The Morgan fingerprint density at radius 2 is 1.96 bits per heavy atom. The summed E-state index contributed by atoms with van der Waals surface area (Å²) in [6.07, 6.45) is 0.298. The molecule has 1 fully saturated rings. The van der Waals surface area contributed by atoms with E-state index in [9.17, 15) is 9.59 Å². The third-order valence-electron chi connectivity index (χ3n) is 4.72. The highest BCUT2D eigenvalue weighted by Gasteiger charge is 2.32.